The highest BCUT2D eigenvalue weighted by Crippen LogP contribution is 2.41. The van der Waals surface area contributed by atoms with Crippen LogP contribution in [0.25, 0.3) is 0 Å². The van der Waals surface area contributed by atoms with Gasteiger partial charge in [0, 0.05) is 115 Å². The first-order chi connectivity index (χ1) is 53.5. The van der Waals surface area contributed by atoms with Crippen LogP contribution in [-0.4, -0.2) is 161 Å². The van der Waals surface area contributed by atoms with Gasteiger partial charge in [-0.1, -0.05) is 25.7 Å². The van der Waals surface area contributed by atoms with Crippen molar-refractivity contribution in [2.45, 2.75) is 162 Å². The third kappa shape index (κ3) is 19.6. The zero-order chi connectivity index (χ0) is 83.4. The smallest absolute Gasteiger partial charge is 0.332 e. The number of nitrogens with zero attached hydrogens (tertiary/aromatic N) is 7. The molecule has 20 nitrogen and oxygen atoms in total. The minimum absolute atomic E-state index is 0.00585. The molecule has 0 bridgehead atoms. The first kappa shape index (κ1) is 87.1. The van der Waals surface area contributed by atoms with E-state index in [2.05, 4.69) is 20.9 Å². The fraction of sp³-hybridized carbons (Fsp3) is 0.430. The van der Waals surface area contributed by atoms with Gasteiger partial charge in [-0.05, 0) is 213 Å². The van der Waals surface area contributed by atoms with Crippen LogP contribution < -0.4 is 16.0 Å². The molecule has 5 aliphatic rings. The maximum atomic E-state index is 15.6. The minimum Gasteiger partial charge on any atom is -0.332 e. The highest BCUT2D eigenvalue weighted by molar-refractivity contribution is 7.89. The first-order valence-corrected chi connectivity index (χ1v) is 40.7. The number of nitrogens with one attached hydrogen (secondary N) is 3. The summed E-state index contributed by atoms with van der Waals surface area (Å²) in [7, 11) is -7.48. The largest absolute Gasteiger partial charge is 0.352 e. The molecule has 1 saturated carbocycles. The first-order valence-electron chi connectivity index (χ1n) is 36.9. The molecule has 4 aliphatic heterocycles. The Morgan fingerprint density at radius 1 is 0.447 bits per heavy atom. The number of carbonyl (C=O) groups is 6. The van der Waals surface area contributed by atoms with E-state index in [9.17, 15) is 71.9 Å². The summed E-state index contributed by atoms with van der Waals surface area (Å²) >= 11 is 1.33. The van der Waals surface area contributed by atoms with Crippen molar-refractivity contribution in [1.82, 2.24) is 32.6 Å². The van der Waals surface area contributed by atoms with Crippen LogP contribution in [0.3, 0.4) is 0 Å². The van der Waals surface area contributed by atoms with Crippen LogP contribution in [0.4, 0.5) is 69.7 Å². The molecule has 3 N–H and O–H groups in total. The van der Waals surface area contributed by atoms with Crippen LogP contribution in [0.5, 0.6) is 0 Å². The number of fused-ring (bicyclic) bond motifs is 1. The number of alkyl halides is 6. The number of aryl methyl sites for hydroxylation is 4. The second kappa shape index (κ2) is 35.4. The van der Waals surface area contributed by atoms with Gasteiger partial charge in [-0.3, -0.25) is 28.8 Å². The van der Waals surface area contributed by atoms with Crippen molar-refractivity contribution in [2.75, 3.05) is 67.5 Å². The number of halogens is 12. The van der Waals surface area contributed by atoms with Crippen LogP contribution in [-0.2, 0) is 65.3 Å². The molecule has 0 unspecified atom stereocenters. The molecule has 4 fully saturated rings. The topological polar surface area (TPSA) is 239 Å². The second-order valence-electron chi connectivity index (χ2n) is 29.3. The zero-order valence-corrected chi connectivity index (χ0v) is 65.9. The summed E-state index contributed by atoms with van der Waals surface area (Å²) in [5.41, 5.74) is -2.40. The van der Waals surface area contributed by atoms with Gasteiger partial charge in [-0.15, -0.1) is 11.3 Å². The lowest BCUT2D eigenvalue weighted by Gasteiger charge is -2.46. The maximum Gasteiger partial charge on any atom is 0.352 e. The Kier molecular flexibility index (Phi) is 27.1. The van der Waals surface area contributed by atoms with Crippen molar-refractivity contribution >= 4 is 84.1 Å². The van der Waals surface area contributed by atoms with Crippen molar-refractivity contribution < 1.29 is 98.3 Å². The number of hydrogen-bond acceptors (Lipinski definition) is 12. The number of hydrogen-bond donors (Lipinski definition) is 3. The van der Waals surface area contributed by atoms with Gasteiger partial charge in [0.25, 0.3) is 45.7 Å². The number of aromatic nitrogens is 1. The third-order valence-corrected chi connectivity index (χ3v) is 25.6. The zero-order valence-electron chi connectivity index (χ0n) is 63.5. The fourth-order valence-electron chi connectivity index (χ4n) is 14.6. The molecule has 6 amide bonds. The van der Waals surface area contributed by atoms with Crippen LogP contribution in [0.2, 0.25) is 0 Å². The Labute approximate surface area is 656 Å². The van der Waals surface area contributed by atoms with Crippen LogP contribution in [0, 0.1) is 68.5 Å². The summed E-state index contributed by atoms with van der Waals surface area (Å²) in [6, 6.07) is 14.8. The molecule has 12 rings (SSSR count). The Bertz CT molecular complexity index is 5020. The molecule has 0 spiro atoms. The average molecular weight is 1660 g/mol. The maximum absolute atomic E-state index is 15.6. The summed E-state index contributed by atoms with van der Waals surface area (Å²) in [5.74, 6) is -25.7. The standard InChI is InChI=1S/C29H35F4N3O4S.C27H32F4N4O4S.C23H19F4N3O2S/c1-18-13-23(10-12-25(18)30)34-27(37)22-9-11-26(31)24(14-22)29(32,33)28(38)36-19(2)15-35(16-20(36)3)41(39,40)17-21-7-5-4-6-8-21;1-17-13-21(8-10-23(17)28)32-25(36)20-7-9-24(29)22(14-20)27(30,31)26(37)35-18(2)15-34(16-19(35)3)40(38,39)33-11-5-4-6-12-33;1-12-9-15(4-6-17(12)24)29-21(31)14-3-5-18(25)16(10-14)23(26,27)22(32)30-8-7-19-20(11-30)33-13(2)28-19/h9-14,19-21H,4-8,15-17H2,1-3H3,(H,34,37);7-10,13-14,18-19H,4-6,11-12,15-16H2,1-3H3,(H,32,36);3-6,9-10H,7-8,11H2,1-2H3,(H,29,31)/t19-,20+;18-,19+;. The summed E-state index contributed by atoms with van der Waals surface area (Å²) in [4.78, 5) is 84.9. The summed E-state index contributed by atoms with van der Waals surface area (Å²) < 4.78 is 233. The molecule has 5 heterocycles. The number of sulfonamides is 1. The lowest BCUT2D eigenvalue weighted by molar-refractivity contribution is -0.167. The summed E-state index contributed by atoms with van der Waals surface area (Å²) in [5, 5.41) is 8.13. The van der Waals surface area contributed by atoms with Crippen molar-refractivity contribution in [3.8, 4) is 0 Å². The average Bonchev–Trinajstić information content (AvgIpc) is 0.873. The number of amides is 6. The Hall–Kier alpha value is -9.29. The second-order valence-corrected chi connectivity index (χ2v) is 34.6. The predicted octanol–water partition coefficient (Wildman–Crippen LogP) is 14.7. The molecule has 35 heteroatoms. The summed E-state index contributed by atoms with van der Waals surface area (Å²) in [6.07, 6.45) is 7.46. The quantitative estimate of drug-likeness (QED) is 0.0725. The van der Waals surface area contributed by atoms with Crippen molar-refractivity contribution in [3.63, 3.8) is 0 Å². The van der Waals surface area contributed by atoms with E-state index in [1.165, 1.54) is 109 Å². The van der Waals surface area contributed by atoms with Crippen LogP contribution >= 0.6 is 11.3 Å². The molecule has 614 valence electrons. The number of piperazine rings is 2. The molecule has 7 aromatic rings. The van der Waals surface area contributed by atoms with E-state index in [0.29, 0.717) is 49.8 Å². The Morgan fingerprint density at radius 3 is 1.18 bits per heavy atom. The lowest BCUT2D eigenvalue weighted by Crippen LogP contribution is -2.63. The van der Waals surface area contributed by atoms with E-state index in [-0.39, 0.29) is 101 Å². The lowest BCUT2D eigenvalue weighted by atomic mass is 9.91. The highest BCUT2D eigenvalue weighted by Gasteiger charge is 2.54. The normalized spacial score (nSPS) is 19.0. The molecule has 1 aliphatic carbocycles. The molecule has 0 radical (unpaired) electrons. The van der Waals surface area contributed by atoms with Crippen molar-refractivity contribution in [2.24, 2.45) is 5.92 Å². The molecule has 3 saturated heterocycles. The predicted molar refractivity (Wildman–Crippen MR) is 404 cm³/mol. The van der Waals surface area contributed by atoms with E-state index in [0.717, 1.165) is 124 Å². The van der Waals surface area contributed by atoms with E-state index < -0.39 is 149 Å². The summed E-state index contributed by atoms with van der Waals surface area (Å²) in [6.45, 7) is 12.3. The monoisotopic (exact) mass is 1660 g/mol. The third-order valence-electron chi connectivity index (χ3n) is 20.7. The van der Waals surface area contributed by atoms with E-state index in [4.69, 9.17) is 0 Å². The number of piperidine rings is 1. The van der Waals surface area contributed by atoms with Gasteiger partial charge in [0.05, 0.1) is 39.7 Å². The van der Waals surface area contributed by atoms with E-state index in [1.54, 1.807) is 6.92 Å². The van der Waals surface area contributed by atoms with Crippen molar-refractivity contribution in [1.29, 1.82) is 0 Å². The number of carbonyl (C=O) groups excluding carboxylic acids is 6. The van der Waals surface area contributed by atoms with E-state index in [1.807, 2.05) is 0 Å². The Morgan fingerprint density at radius 2 is 0.798 bits per heavy atom. The van der Waals surface area contributed by atoms with Gasteiger partial charge in [0.15, 0.2) is 0 Å². The minimum atomic E-state index is -4.34. The number of anilines is 3. The number of rotatable bonds is 17. The van der Waals surface area contributed by atoms with Gasteiger partial charge in [-0.25, -0.2) is 39.7 Å². The Balaban J connectivity index is 0.000000182. The van der Waals surface area contributed by atoms with Gasteiger partial charge < -0.3 is 30.7 Å². The van der Waals surface area contributed by atoms with Crippen molar-refractivity contribution in [3.05, 3.63) is 210 Å². The SMILES string of the molecule is Cc1cc(NC(=O)c2ccc(F)c(C(F)(F)C(=O)N3[C@H](C)CN(S(=O)(=O)CC4CCCCC4)C[C@@H]3C)c2)ccc1F.Cc1cc(NC(=O)c2ccc(F)c(C(F)(F)C(=O)N3[C@H](C)CN(S(=O)(=O)N4CCCCC4)C[C@@H]3C)c2)ccc1F.Cc1nc2c(s1)CN(C(=O)C(F)(F)c1cc(C(=O)Nc3ccc(F)c(C)c3)ccc1F)CC2. The number of thiazole rings is 1. The molecular formula is C79H86F12N10O10S3. The molecular weight excluding hydrogens is 1570 g/mol. The highest BCUT2D eigenvalue weighted by atomic mass is 32.2. The van der Waals surface area contributed by atoms with Gasteiger partial charge in [-0.2, -0.15) is 47.7 Å². The number of benzene rings is 6. The van der Waals surface area contributed by atoms with Gasteiger partial charge in [0.2, 0.25) is 10.0 Å². The fourth-order valence-corrected chi connectivity index (χ4v) is 19.5. The van der Waals surface area contributed by atoms with Crippen LogP contribution in [0.1, 0.15) is 159 Å². The molecule has 6 aromatic carbocycles. The van der Waals surface area contributed by atoms with Gasteiger partial charge >= 0.3 is 17.8 Å². The molecule has 114 heavy (non-hydrogen) atoms. The van der Waals surface area contributed by atoms with Gasteiger partial charge in [0.1, 0.15) is 34.9 Å². The van der Waals surface area contributed by atoms with E-state index >= 15 is 26.3 Å². The molecule has 4 atom stereocenters. The van der Waals surface area contributed by atoms with Crippen LogP contribution in [0.15, 0.2) is 109 Å². The molecule has 1 aromatic heterocycles.